The van der Waals surface area contributed by atoms with E-state index >= 15 is 0 Å². The number of rotatable bonds is 4. The number of hydrogen-bond acceptors (Lipinski definition) is 3. The molecule has 0 bridgehead atoms. The Balaban J connectivity index is 2.03. The molecular formula is C15H24N2OS. The molecule has 1 N–H and O–H groups in total. The maximum atomic E-state index is 12.0. The lowest BCUT2D eigenvalue weighted by Crippen LogP contribution is -2.20. The SMILES string of the molecule is Cc1nc(CSC2CCCCC2)[nH]c(=O)c1C(C)C. The van der Waals surface area contributed by atoms with E-state index in [9.17, 15) is 4.79 Å². The van der Waals surface area contributed by atoms with Crippen molar-refractivity contribution in [3.63, 3.8) is 0 Å². The first-order valence-corrected chi connectivity index (χ1v) is 8.34. The Morgan fingerprint density at radius 2 is 2.00 bits per heavy atom. The number of nitrogens with one attached hydrogen (secondary N) is 1. The van der Waals surface area contributed by atoms with E-state index in [1.165, 1.54) is 32.1 Å². The zero-order chi connectivity index (χ0) is 13.8. The molecule has 0 atom stereocenters. The molecule has 0 aromatic carbocycles. The molecule has 1 heterocycles. The minimum absolute atomic E-state index is 0.0433. The van der Waals surface area contributed by atoms with Crippen LogP contribution in [0.15, 0.2) is 4.79 Å². The van der Waals surface area contributed by atoms with E-state index < -0.39 is 0 Å². The normalized spacial score (nSPS) is 17.1. The van der Waals surface area contributed by atoms with Crippen molar-refractivity contribution in [1.29, 1.82) is 0 Å². The first-order chi connectivity index (χ1) is 9.08. The van der Waals surface area contributed by atoms with E-state index in [-0.39, 0.29) is 11.5 Å². The Hall–Kier alpha value is -0.770. The fourth-order valence-electron chi connectivity index (χ4n) is 2.83. The van der Waals surface area contributed by atoms with Crippen LogP contribution in [0.5, 0.6) is 0 Å². The summed E-state index contributed by atoms with van der Waals surface area (Å²) in [4.78, 5) is 19.6. The van der Waals surface area contributed by atoms with Gasteiger partial charge in [-0.15, -0.1) is 0 Å². The first-order valence-electron chi connectivity index (χ1n) is 7.29. The van der Waals surface area contributed by atoms with Crippen LogP contribution in [0.2, 0.25) is 0 Å². The topological polar surface area (TPSA) is 45.8 Å². The zero-order valence-electron chi connectivity index (χ0n) is 12.2. The molecule has 1 aliphatic rings. The maximum absolute atomic E-state index is 12.0. The molecule has 4 heteroatoms. The summed E-state index contributed by atoms with van der Waals surface area (Å²) < 4.78 is 0. The van der Waals surface area contributed by atoms with Crippen molar-refractivity contribution in [2.75, 3.05) is 0 Å². The Labute approximate surface area is 119 Å². The van der Waals surface area contributed by atoms with E-state index in [4.69, 9.17) is 0 Å². The van der Waals surface area contributed by atoms with Crippen LogP contribution in [0.1, 0.15) is 69.0 Å². The minimum atomic E-state index is 0.0433. The van der Waals surface area contributed by atoms with Crippen molar-refractivity contribution >= 4 is 11.8 Å². The Morgan fingerprint density at radius 1 is 1.32 bits per heavy atom. The summed E-state index contributed by atoms with van der Waals surface area (Å²) in [5, 5.41) is 0.754. The summed E-state index contributed by atoms with van der Waals surface area (Å²) >= 11 is 1.95. The number of thioether (sulfide) groups is 1. The molecule has 0 unspecified atom stereocenters. The molecule has 0 saturated heterocycles. The lowest BCUT2D eigenvalue weighted by molar-refractivity contribution is 0.516. The highest BCUT2D eigenvalue weighted by molar-refractivity contribution is 7.99. The standard InChI is InChI=1S/C15H24N2OS/c1-10(2)14-11(3)16-13(17-15(14)18)9-19-12-7-5-4-6-8-12/h10,12H,4-9H2,1-3H3,(H,16,17,18). The molecule has 0 spiro atoms. The van der Waals surface area contributed by atoms with Gasteiger partial charge in [-0.05, 0) is 25.7 Å². The summed E-state index contributed by atoms with van der Waals surface area (Å²) in [6.45, 7) is 6.02. The van der Waals surface area contributed by atoms with Gasteiger partial charge in [0.05, 0.1) is 5.75 Å². The largest absolute Gasteiger partial charge is 0.310 e. The van der Waals surface area contributed by atoms with Gasteiger partial charge in [-0.3, -0.25) is 4.79 Å². The smallest absolute Gasteiger partial charge is 0.254 e. The third kappa shape index (κ3) is 3.85. The van der Waals surface area contributed by atoms with E-state index in [1.807, 2.05) is 32.5 Å². The minimum Gasteiger partial charge on any atom is -0.310 e. The average Bonchev–Trinajstić information content (AvgIpc) is 2.36. The van der Waals surface area contributed by atoms with Crippen molar-refractivity contribution in [3.8, 4) is 0 Å². The molecule has 106 valence electrons. The van der Waals surface area contributed by atoms with Crippen LogP contribution in [0.4, 0.5) is 0 Å². The second-order valence-electron chi connectivity index (χ2n) is 5.74. The van der Waals surface area contributed by atoms with Crippen LogP contribution in [0.3, 0.4) is 0 Å². The van der Waals surface area contributed by atoms with Crippen molar-refractivity contribution in [2.45, 2.75) is 69.8 Å². The number of H-pyrrole nitrogens is 1. The number of hydrogen-bond donors (Lipinski definition) is 1. The van der Waals surface area contributed by atoms with Gasteiger partial charge in [-0.25, -0.2) is 4.98 Å². The number of nitrogens with zero attached hydrogens (tertiary/aromatic N) is 1. The highest BCUT2D eigenvalue weighted by Gasteiger charge is 2.15. The number of aromatic amines is 1. The fraction of sp³-hybridized carbons (Fsp3) is 0.733. The summed E-state index contributed by atoms with van der Waals surface area (Å²) in [5.74, 6) is 1.90. The molecule has 0 radical (unpaired) electrons. The molecule has 1 fully saturated rings. The first kappa shape index (κ1) is 14.6. The molecule has 0 amide bonds. The van der Waals surface area contributed by atoms with Gasteiger partial charge < -0.3 is 4.98 Å². The van der Waals surface area contributed by atoms with Gasteiger partial charge in [0, 0.05) is 16.5 Å². The molecule has 0 aliphatic heterocycles. The lowest BCUT2D eigenvalue weighted by Gasteiger charge is -2.20. The molecule has 2 rings (SSSR count). The van der Waals surface area contributed by atoms with Gasteiger partial charge in [0.25, 0.3) is 5.56 Å². The average molecular weight is 280 g/mol. The molecule has 19 heavy (non-hydrogen) atoms. The lowest BCUT2D eigenvalue weighted by atomic mass is 10.0. The fourth-order valence-corrected chi connectivity index (χ4v) is 4.03. The Kier molecular flexibility index (Phi) is 5.08. The molecule has 3 nitrogen and oxygen atoms in total. The Morgan fingerprint density at radius 3 is 2.58 bits per heavy atom. The van der Waals surface area contributed by atoms with Gasteiger partial charge in [0.1, 0.15) is 5.82 Å². The molecule has 1 saturated carbocycles. The second kappa shape index (κ2) is 6.60. The zero-order valence-corrected chi connectivity index (χ0v) is 13.0. The second-order valence-corrected chi connectivity index (χ2v) is 7.03. The van der Waals surface area contributed by atoms with Gasteiger partial charge in [0.15, 0.2) is 0 Å². The monoisotopic (exact) mass is 280 g/mol. The van der Waals surface area contributed by atoms with Gasteiger partial charge in [-0.2, -0.15) is 11.8 Å². The van der Waals surface area contributed by atoms with Crippen LogP contribution >= 0.6 is 11.8 Å². The predicted octanol–water partition coefficient (Wildman–Crippen LogP) is 3.77. The van der Waals surface area contributed by atoms with E-state index in [0.29, 0.717) is 0 Å². The van der Waals surface area contributed by atoms with Crippen LogP contribution in [0, 0.1) is 6.92 Å². The summed E-state index contributed by atoms with van der Waals surface area (Å²) in [7, 11) is 0. The number of aryl methyl sites for hydroxylation is 1. The summed E-state index contributed by atoms with van der Waals surface area (Å²) in [6.07, 6.45) is 6.73. The van der Waals surface area contributed by atoms with Gasteiger partial charge >= 0.3 is 0 Å². The van der Waals surface area contributed by atoms with Crippen LogP contribution < -0.4 is 5.56 Å². The maximum Gasteiger partial charge on any atom is 0.254 e. The van der Waals surface area contributed by atoms with Crippen LogP contribution in [-0.4, -0.2) is 15.2 Å². The van der Waals surface area contributed by atoms with Crippen LogP contribution in [-0.2, 0) is 5.75 Å². The van der Waals surface area contributed by atoms with Crippen molar-refractivity contribution < 1.29 is 0 Å². The number of aromatic nitrogens is 2. The Bertz CT molecular complexity index is 476. The molecule has 1 aromatic heterocycles. The molecule has 1 aromatic rings. The highest BCUT2D eigenvalue weighted by Crippen LogP contribution is 2.29. The summed E-state index contributed by atoms with van der Waals surface area (Å²) in [5.41, 5.74) is 1.76. The highest BCUT2D eigenvalue weighted by atomic mass is 32.2. The predicted molar refractivity (Wildman–Crippen MR) is 81.9 cm³/mol. The molecule has 1 aliphatic carbocycles. The third-order valence-electron chi connectivity index (χ3n) is 3.78. The van der Waals surface area contributed by atoms with Crippen molar-refractivity contribution in [2.24, 2.45) is 0 Å². The van der Waals surface area contributed by atoms with E-state index in [1.54, 1.807) is 0 Å². The van der Waals surface area contributed by atoms with E-state index in [0.717, 1.165) is 28.1 Å². The van der Waals surface area contributed by atoms with Gasteiger partial charge in [-0.1, -0.05) is 33.1 Å². The van der Waals surface area contributed by atoms with E-state index in [2.05, 4.69) is 9.97 Å². The molecular weight excluding hydrogens is 256 g/mol. The third-order valence-corrected chi connectivity index (χ3v) is 5.16. The van der Waals surface area contributed by atoms with Gasteiger partial charge in [0.2, 0.25) is 0 Å². The van der Waals surface area contributed by atoms with Crippen molar-refractivity contribution in [3.05, 3.63) is 27.4 Å². The summed E-state index contributed by atoms with van der Waals surface area (Å²) in [6, 6.07) is 0. The quantitative estimate of drug-likeness (QED) is 0.913. The van der Waals surface area contributed by atoms with Crippen LogP contribution in [0.25, 0.3) is 0 Å². The van der Waals surface area contributed by atoms with Crippen molar-refractivity contribution in [1.82, 2.24) is 9.97 Å².